The maximum Gasteiger partial charge on any atom is 0.00105 e. The molecule has 0 aromatic heterocycles. The lowest BCUT2D eigenvalue weighted by atomic mass is 9.73. The van der Waals surface area contributed by atoms with Gasteiger partial charge in [0.05, 0.1) is 0 Å². The van der Waals surface area contributed by atoms with Gasteiger partial charge in [0.25, 0.3) is 0 Å². The molecule has 0 spiro atoms. The molecule has 0 saturated heterocycles. The van der Waals surface area contributed by atoms with Crippen molar-refractivity contribution in [2.75, 3.05) is 0 Å². The van der Waals surface area contributed by atoms with Crippen LogP contribution >= 0.6 is 0 Å². The summed E-state index contributed by atoms with van der Waals surface area (Å²) in [6, 6.07) is 9.26. The van der Waals surface area contributed by atoms with Gasteiger partial charge in [0.1, 0.15) is 0 Å². The van der Waals surface area contributed by atoms with Crippen LogP contribution in [0.3, 0.4) is 0 Å². The molecule has 0 saturated carbocycles. The van der Waals surface area contributed by atoms with Crippen LogP contribution in [0.5, 0.6) is 0 Å². The highest BCUT2D eigenvalue weighted by Gasteiger charge is 2.43. The molecule has 1 heteroatoms. The second-order valence-corrected chi connectivity index (χ2v) is 6.26. The average Bonchev–Trinajstić information content (AvgIpc) is 2.46. The molecule has 0 heterocycles. The quantitative estimate of drug-likeness (QED) is 0.840. The molecule has 1 aromatic carbocycles. The number of fused-ring (bicyclic) bond motifs is 1. The number of benzene rings is 1. The van der Waals surface area contributed by atoms with Gasteiger partial charge in [0, 0.05) is 6.04 Å². The van der Waals surface area contributed by atoms with Crippen LogP contribution in [0.15, 0.2) is 24.3 Å². The first-order chi connectivity index (χ1) is 7.94. The number of nitrogens with two attached hydrogens (primary N) is 1. The minimum Gasteiger partial charge on any atom is -0.328 e. The minimum atomic E-state index is 0.297. The van der Waals surface area contributed by atoms with E-state index in [2.05, 4.69) is 52.0 Å². The zero-order valence-electron chi connectivity index (χ0n) is 11.5. The molecule has 3 unspecified atom stereocenters. The highest BCUT2D eigenvalue weighted by Crippen LogP contribution is 2.51. The number of hydrogen-bond acceptors (Lipinski definition) is 1. The Morgan fingerprint density at radius 3 is 2.53 bits per heavy atom. The Morgan fingerprint density at radius 2 is 1.94 bits per heavy atom. The molecular formula is C16H25N. The van der Waals surface area contributed by atoms with Crippen LogP contribution in [0.25, 0.3) is 0 Å². The van der Waals surface area contributed by atoms with Crippen LogP contribution in [-0.2, 0) is 5.41 Å². The summed E-state index contributed by atoms with van der Waals surface area (Å²) >= 11 is 0. The van der Waals surface area contributed by atoms with Crippen molar-refractivity contribution in [3.05, 3.63) is 35.4 Å². The van der Waals surface area contributed by atoms with Crippen LogP contribution < -0.4 is 5.73 Å². The summed E-state index contributed by atoms with van der Waals surface area (Å²) in [7, 11) is 0. The summed E-state index contributed by atoms with van der Waals surface area (Å²) in [5.41, 5.74) is 9.30. The van der Waals surface area contributed by atoms with Gasteiger partial charge in [-0.3, -0.25) is 0 Å². The van der Waals surface area contributed by atoms with Crippen molar-refractivity contribution < 1.29 is 0 Å². The summed E-state index contributed by atoms with van der Waals surface area (Å²) in [6.45, 7) is 9.27. The lowest BCUT2D eigenvalue weighted by Gasteiger charge is -2.31. The molecular weight excluding hydrogens is 206 g/mol. The SMILES string of the molecule is CC(N)CCC1C(C)c2ccccc2C1(C)C. The van der Waals surface area contributed by atoms with Crippen LogP contribution in [0.4, 0.5) is 0 Å². The van der Waals surface area contributed by atoms with E-state index in [0.717, 1.165) is 12.3 Å². The molecule has 94 valence electrons. The van der Waals surface area contributed by atoms with Crippen molar-refractivity contribution in [2.24, 2.45) is 11.7 Å². The normalized spacial score (nSPS) is 27.8. The van der Waals surface area contributed by atoms with E-state index < -0.39 is 0 Å². The molecule has 1 nitrogen and oxygen atoms in total. The van der Waals surface area contributed by atoms with Crippen molar-refractivity contribution in [3.63, 3.8) is 0 Å². The van der Waals surface area contributed by atoms with E-state index in [4.69, 9.17) is 5.73 Å². The van der Waals surface area contributed by atoms with Gasteiger partial charge in [0.2, 0.25) is 0 Å². The zero-order chi connectivity index (χ0) is 12.6. The van der Waals surface area contributed by atoms with Gasteiger partial charge >= 0.3 is 0 Å². The lowest BCUT2D eigenvalue weighted by molar-refractivity contribution is 0.282. The van der Waals surface area contributed by atoms with Crippen molar-refractivity contribution in [1.29, 1.82) is 0 Å². The third-order valence-electron chi connectivity index (χ3n) is 4.61. The summed E-state index contributed by atoms with van der Waals surface area (Å²) < 4.78 is 0. The van der Waals surface area contributed by atoms with Gasteiger partial charge in [-0.15, -0.1) is 0 Å². The van der Waals surface area contributed by atoms with Crippen LogP contribution in [0.2, 0.25) is 0 Å². The number of rotatable bonds is 3. The Morgan fingerprint density at radius 1 is 1.29 bits per heavy atom. The van der Waals surface area contributed by atoms with E-state index in [1.807, 2.05) is 0 Å². The average molecular weight is 231 g/mol. The first kappa shape index (κ1) is 12.6. The Labute approximate surface area is 105 Å². The van der Waals surface area contributed by atoms with Crippen molar-refractivity contribution in [1.82, 2.24) is 0 Å². The predicted octanol–water partition coefficient (Wildman–Crippen LogP) is 3.82. The van der Waals surface area contributed by atoms with Gasteiger partial charge in [-0.25, -0.2) is 0 Å². The van der Waals surface area contributed by atoms with E-state index in [-0.39, 0.29) is 0 Å². The fourth-order valence-electron chi connectivity index (χ4n) is 3.58. The first-order valence-electron chi connectivity index (χ1n) is 6.79. The topological polar surface area (TPSA) is 26.0 Å². The smallest absolute Gasteiger partial charge is 0.00105 e. The van der Waals surface area contributed by atoms with Gasteiger partial charge in [-0.05, 0) is 48.1 Å². The Balaban J connectivity index is 2.27. The number of hydrogen-bond donors (Lipinski definition) is 1. The zero-order valence-corrected chi connectivity index (χ0v) is 11.5. The molecule has 0 radical (unpaired) electrons. The van der Waals surface area contributed by atoms with Crippen molar-refractivity contribution in [3.8, 4) is 0 Å². The molecule has 17 heavy (non-hydrogen) atoms. The molecule has 3 atom stereocenters. The summed E-state index contributed by atoms with van der Waals surface area (Å²) in [5.74, 6) is 1.39. The van der Waals surface area contributed by atoms with E-state index in [0.29, 0.717) is 17.4 Å². The van der Waals surface area contributed by atoms with Crippen molar-refractivity contribution in [2.45, 2.75) is 57.9 Å². The second-order valence-electron chi connectivity index (χ2n) is 6.26. The monoisotopic (exact) mass is 231 g/mol. The highest BCUT2D eigenvalue weighted by atomic mass is 14.6. The maximum absolute atomic E-state index is 5.91. The lowest BCUT2D eigenvalue weighted by Crippen LogP contribution is -2.27. The molecule has 2 rings (SSSR count). The van der Waals surface area contributed by atoms with Gasteiger partial charge in [-0.1, -0.05) is 45.0 Å². The standard InChI is InChI=1S/C16H25N/c1-11(17)9-10-14-12(2)13-7-5-6-8-15(13)16(14,3)4/h5-8,11-12,14H,9-10,17H2,1-4H3. The van der Waals surface area contributed by atoms with Crippen molar-refractivity contribution >= 4 is 0 Å². The third kappa shape index (κ3) is 2.13. The molecule has 0 aliphatic heterocycles. The van der Waals surface area contributed by atoms with Gasteiger partial charge in [0.15, 0.2) is 0 Å². The molecule has 0 fully saturated rings. The predicted molar refractivity (Wildman–Crippen MR) is 74.3 cm³/mol. The first-order valence-corrected chi connectivity index (χ1v) is 6.79. The van der Waals surface area contributed by atoms with Crippen LogP contribution in [0, 0.1) is 5.92 Å². The fourth-order valence-corrected chi connectivity index (χ4v) is 3.58. The van der Waals surface area contributed by atoms with Crippen LogP contribution in [0.1, 0.15) is 57.6 Å². The van der Waals surface area contributed by atoms with Crippen LogP contribution in [-0.4, -0.2) is 6.04 Å². The largest absolute Gasteiger partial charge is 0.328 e. The third-order valence-corrected chi connectivity index (χ3v) is 4.61. The Kier molecular flexibility index (Phi) is 3.31. The van der Waals surface area contributed by atoms with E-state index in [1.54, 1.807) is 11.1 Å². The maximum atomic E-state index is 5.91. The van der Waals surface area contributed by atoms with Gasteiger partial charge < -0.3 is 5.73 Å². The van der Waals surface area contributed by atoms with Gasteiger partial charge in [-0.2, -0.15) is 0 Å². The molecule has 0 amide bonds. The fraction of sp³-hybridized carbons (Fsp3) is 0.625. The second kappa shape index (κ2) is 4.45. The minimum absolute atomic E-state index is 0.297. The Hall–Kier alpha value is -0.820. The highest BCUT2D eigenvalue weighted by molar-refractivity contribution is 5.42. The Bertz CT molecular complexity index is 392. The van der Waals surface area contributed by atoms with E-state index in [1.165, 1.54) is 6.42 Å². The summed E-state index contributed by atoms with van der Waals surface area (Å²) in [6.07, 6.45) is 2.37. The molecule has 1 aliphatic carbocycles. The summed E-state index contributed by atoms with van der Waals surface area (Å²) in [5, 5.41) is 0. The molecule has 1 aliphatic rings. The van der Waals surface area contributed by atoms with E-state index >= 15 is 0 Å². The molecule has 0 bridgehead atoms. The summed E-state index contributed by atoms with van der Waals surface area (Å²) in [4.78, 5) is 0. The molecule has 2 N–H and O–H groups in total. The molecule has 1 aromatic rings. The van der Waals surface area contributed by atoms with E-state index in [9.17, 15) is 0 Å².